The summed E-state index contributed by atoms with van der Waals surface area (Å²) in [5, 5.41) is 4.70. The van der Waals surface area contributed by atoms with Gasteiger partial charge >= 0.3 is 0 Å². The maximum Gasteiger partial charge on any atom is 0.263 e. The minimum absolute atomic E-state index is 0.0234. The number of nitrogens with one attached hydrogen (secondary N) is 2. The third-order valence-electron chi connectivity index (χ3n) is 5.27. The van der Waals surface area contributed by atoms with Crippen LogP contribution >= 0.6 is 11.3 Å². The SMILES string of the molecule is CC(=O)N1CCc2cc(S(=O)(=O)Nc3nc(-c4ccc5c(c4)NC(=O)CO5)cs3)ccc21. The molecule has 0 bridgehead atoms. The third-order valence-corrected chi connectivity index (χ3v) is 7.49. The summed E-state index contributed by atoms with van der Waals surface area (Å²) in [4.78, 5) is 29.4. The van der Waals surface area contributed by atoms with Crippen molar-refractivity contribution in [2.24, 2.45) is 0 Å². The van der Waals surface area contributed by atoms with Crippen molar-refractivity contribution in [2.45, 2.75) is 18.2 Å². The molecular weight excluding hydrogens is 452 g/mol. The number of amides is 2. The summed E-state index contributed by atoms with van der Waals surface area (Å²) in [7, 11) is -3.85. The molecule has 32 heavy (non-hydrogen) atoms. The second-order valence-corrected chi connectivity index (χ2v) is 9.94. The van der Waals surface area contributed by atoms with Crippen LogP contribution in [-0.4, -0.2) is 38.4 Å². The minimum Gasteiger partial charge on any atom is -0.482 e. The molecule has 0 saturated heterocycles. The number of sulfonamides is 1. The normalized spacial score (nSPS) is 14.9. The van der Waals surface area contributed by atoms with Crippen LogP contribution in [0.3, 0.4) is 0 Å². The van der Waals surface area contributed by atoms with Crippen LogP contribution < -0.4 is 19.7 Å². The van der Waals surface area contributed by atoms with E-state index in [1.54, 1.807) is 40.6 Å². The number of hydrogen-bond donors (Lipinski definition) is 2. The highest BCUT2D eigenvalue weighted by Crippen LogP contribution is 2.35. The molecule has 0 radical (unpaired) electrons. The van der Waals surface area contributed by atoms with E-state index in [9.17, 15) is 18.0 Å². The van der Waals surface area contributed by atoms with Gasteiger partial charge in [0.05, 0.1) is 16.3 Å². The van der Waals surface area contributed by atoms with Gasteiger partial charge in [-0.2, -0.15) is 0 Å². The summed E-state index contributed by atoms with van der Waals surface area (Å²) in [5.74, 6) is 0.271. The number of hydrogen-bond acceptors (Lipinski definition) is 7. The van der Waals surface area contributed by atoms with Gasteiger partial charge in [-0.1, -0.05) is 0 Å². The fourth-order valence-electron chi connectivity index (χ4n) is 3.74. The van der Waals surface area contributed by atoms with Crippen LogP contribution in [0.1, 0.15) is 12.5 Å². The number of carbonyl (C=O) groups excluding carboxylic acids is 2. The Labute approximate surface area is 188 Å². The highest BCUT2D eigenvalue weighted by Gasteiger charge is 2.25. The Hall–Kier alpha value is -3.44. The van der Waals surface area contributed by atoms with E-state index >= 15 is 0 Å². The molecule has 2 aromatic carbocycles. The zero-order valence-corrected chi connectivity index (χ0v) is 18.5. The lowest BCUT2D eigenvalue weighted by Crippen LogP contribution is -2.25. The van der Waals surface area contributed by atoms with E-state index in [1.807, 2.05) is 0 Å². The van der Waals surface area contributed by atoms with E-state index in [1.165, 1.54) is 13.0 Å². The Balaban J connectivity index is 1.37. The lowest BCUT2D eigenvalue weighted by Gasteiger charge is -2.18. The number of aromatic nitrogens is 1. The van der Waals surface area contributed by atoms with Crippen LogP contribution in [0.15, 0.2) is 46.7 Å². The van der Waals surface area contributed by atoms with Gasteiger partial charge in [-0.25, -0.2) is 13.4 Å². The molecule has 9 nitrogen and oxygen atoms in total. The maximum absolute atomic E-state index is 12.9. The quantitative estimate of drug-likeness (QED) is 0.606. The largest absolute Gasteiger partial charge is 0.482 e. The Morgan fingerprint density at radius 3 is 2.91 bits per heavy atom. The lowest BCUT2D eigenvalue weighted by atomic mass is 10.1. The zero-order valence-electron chi connectivity index (χ0n) is 16.9. The van der Waals surface area contributed by atoms with Gasteiger partial charge in [0.1, 0.15) is 5.75 Å². The van der Waals surface area contributed by atoms with Gasteiger partial charge in [-0.15, -0.1) is 11.3 Å². The molecule has 0 fully saturated rings. The number of anilines is 3. The van der Waals surface area contributed by atoms with Gasteiger partial charge in [0.2, 0.25) is 5.91 Å². The molecule has 11 heteroatoms. The first-order chi connectivity index (χ1) is 15.3. The molecule has 0 saturated carbocycles. The summed E-state index contributed by atoms with van der Waals surface area (Å²) < 4.78 is 33.7. The molecule has 0 atom stereocenters. The first-order valence-electron chi connectivity index (χ1n) is 9.76. The standard InChI is InChI=1S/C21H18N4O5S2/c1-12(26)25-7-6-14-8-15(3-4-18(14)25)32(28,29)24-21-23-17(11-31-21)13-2-5-19-16(9-13)22-20(27)10-30-19/h2-5,8-9,11H,6-7,10H2,1H3,(H,22,27)(H,23,24). The van der Waals surface area contributed by atoms with E-state index in [2.05, 4.69) is 15.0 Å². The number of carbonyl (C=O) groups is 2. The summed E-state index contributed by atoms with van der Waals surface area (Å²) in [6.07, 6.45) is 0.609. The van der Waals surface area contributed by atoms with E-state index in [0.717, 1.165) is 28.2 Å². The molecule has 2 aliphatic heterocycles. The predicted molar refractivity (Wildman–Crippen MR) is 121 cm³/mol. The molecule has 2 N–H and O–H groups in total. The van der Waals surface area contributed by atoms with E-state index in [4.69, 9.17) is 4.74 Å². The van der Waals surface area contributed by atoms with E-state index < -0.39 is 10.0 Å². The number of rotatable bonds is 4. The molecule has 2 aliphatic rings. The van der Waals surface area contributed by atoms with Crippen LogP contribution in [0.25, 0.3) is 11.3 Å². The van der Waals surface area contributed by atoms with Crippen molar-refractivity contribution in [1.82, 2.24) is 4.98 Å². The minimum atomic E-state index is -3.85. The Kier molecular flexibility index (Phi) is 4.86. The van der Waals surface area contributed by atoms with Gasteiger partial charge in [-0.3, -0.25) is 14.3 Å². The molecule has 164 valence electrons. The number of benzene rings is 2. The maximum atomic E-state index is 12.9. The topological polar surface area (TPSA) is 118 Å². The van der Waals surface area contributed by atoms with Crippen molar-refractivity contribution in [2.75, 3.05) is 28.1 Å². The summed E-state index contributed by atoms with van der Waals surface area (Å²) in [6.45, 7) is 2.01. The number of nitrogens with zero attached hydrogens (tertiary/aromatic N) is 2. The molecular formula is C21H18N4O5S2. The molecule has 2 amide bonds. The molecule has 5 rings (SSSR count). The second-order valence-electron chi connectivity index (χ2n) is 7.40. The van der Waals surface area contributed by atoms with Crippen LogP contribution in [0, 0.1) is 0 Å². The average Bonchev–Trinajstić information content (AvgIpc) is 3.39. The van der Waals surface area contributed by atoms with Crippen molar-refractivity contribution >= 4 is 49.7 Å². The zero-order chi connectivity index (χ0) is 22.5. The van der Waals surface area contributed by atoms with Gasteiger partial charge in [0.15, 0.2) is 11.7 Å². The summed E-state index contributed by atoms with van der Waals surface area (Å²) >= 11 is 1.16. The highest BCUT2D eigenvalue weighted by atomic mass is 32.2. The molecule has 3 aromatic rings. The van der Waals surface area contributed by atoms with Gasteiger partial charge < -0.3 is 15.0 Å². The number of ether oxygens (including phenoxy) is 1. The number of thiazole rings is 1. The van der Waals surface area contributed by atoms with E-state index in [-0.39, 0.29) is 28.4 Å². The molecule has 1 aromatic heterocycles. The smallest absolute Gasteiger partial charge is 0.263 e. The monoisotopic (exact) mass is 470 g/mol. The van der Waals surface area contributed by atoms with Crippen molar-refractivity contribution in [3.05, 3.63) is 47.3 Å². The Bertz CT molecular complexity index is 1370. The summed E-state index contributed by atoms with van der Waals surface area (Å²) in [5.41, 5.74) is 3.41. The van der Waals surface area contributed by atoms with Crippen LogP contribution in [0.4, 0.5) is 16.5 Å². The number of fused-ring (bicyclic) bond motifs is 2. The Morgan fingerprint density at radius 1 is 1.25 bits per heavy atom. The Morgan fingerprint density at radius 2 is 2.09 bits per heavy atom. The first kappa shape index (κ1) is 20.5. The third kappa shape index (κ3) is 3.69. The summed E-state index contributed by atoms with van der Waals surface area (Å²) in [6, 6.07) is 10.0. The highest BCUT2D eigenvalue weighted by molar-refractivity contribution is 7.93. The molecule has 3 heterocycles. The van der Waals surface area contributed by atoms with Gasteiger partial charge in [0, 0.05) is 30.1 Å². The average molecular weight is 471 g/mol. The molecule has 0 unspecified atom stereocenters. The van der Waals surface area contributed by atoms with Crippen molar-refractivity contribution < 1.29 is 22.7 Å². The molecule has 0 spiro atoms. The predicted octanol–water partition coefficient (Wildman–Crippen LogP) is 2.85. The second kappa shape index (κ2) is 7.61. The van der Waals surface area contributed by atoms with Crippen molar-refractivity contribution in [1.29, 1.82) is 0 Å². The molecule has 0 aliphatic carbocycles. The van der Waals surface area contributed by atoms with Gasteiger partial charge in [0.25, 0.3) is 15.9 Å². The first-order valence-corrected chi connectivity index (χ1v) is 12.1. The fourth-order valence-corrected chi connectivity index (χ4v) is 5.76. The lowest BCUT2D eigenvalue weighted by molar-refractivity contribution is -0.118. The van der Waals surface area contributed by atoms with E-state index in [0.29, 0.717) is 30.1 Å². The fraction of sp³-hybridized carbons (Fsp3) is 0.190. The van der Waals surface area contributed by atoms with Crippen molar-refractivity contribution in [3.63, 3.8) is 0 Å². The van der Waals surface area contributed by atoms with Crippen LogP contribution in [0.5, 0.6) is 5.75 Å². The van der Waals surface area contributed by atoms with Crippen molar-refractivity contribution in [3.8, 4) is 17.0 Å². The van der Waals surface area contributed by atoms with Gasteiger partial charge in [-0.05, 0) is 48.4 Å². The van der Waals surface area contributed by atoms with Crippen LogP contribution in [0.2, 0.25) is 0 Å². The van der Waals surface area contributed by atoms with Crippen LogP contribution in [-0.2, 0) is 26.0 Å².